The molecule has 0 saturated carbocycles. The van der Waals surface area contributed by atoms with Crippen LogP contribution < -0.4 is 10.6 Å². The van der Waals surface area contributed by atoms with Crippen molar-refractivity contribution in [1.29, 1.82) is 0 Å². The Hall–Kier alpha value is -0.750. The van der Waals surface area contributed by atoms with Gasteiger partial charge < -0.3 is 15.1 Å². The van der Waals surface area contributed by atoms with E-state index in [4.69, 9.17) is 4.42 Å². The average Bonchev–Trinajstić information content (AvgIpc) is 2.75. The lowest BCUT2D eigenvalue weighted by atomic mass is 10.2. The summed E-state index contributed by atoms with van der Waals surface area (Å²) in [4.78, 5) is 0. The number of anilines is 1. The van der Waals surface area contributed by atoms with Crippen molar-refractivity contribution in [3.05, 3.63) is 5.89 Å². The fourth-order valence-electron chi connectivity index (χ4n) is 1.37. The quantitative estimate of drug-likeness (QED) is 0.660. The van der Waals surface area contributed by atoms with Crippen LogP contribution in [-0.2, 0) is 6.54 Å². The van der Waals surface area contributed by atoms with Crippen molar-refractivity contribution in [2.24, 2.45) is 5.92 Å². The Morgan fingerprint density at radius 2 is 2.24 bits per heavy atom. The molecule has 1 aromatic rings. The minimum Gasteiger partial charge on any atom is -0.407 e. The molecule has 0 aliphatic heterocycles. The lowest BCUT2D eigenvalue weighted by Gasteiger charge is -2.08. The van der Waals surface area contributed by atoms with Gasteiger partial charge in [0.15, 0.2) is 0 Å². The first kappa shape index (κ1) is 14.3. The molecule has 1 heterocycles. The highest BCUT2D eigenvalue weighted by molar-refractivity contribution is 7.98. The third-order valence-corrected chi connectivity index (χ3v) is 3.13. The van der Waals surface area contributed by atoms with Gasteiger partial charge in [0.1, 0.15) is 0 Å². The molecule has 1 atom stereocenters. The van der Waals surface area contributed by atoms with E-state index in [0.29, 0.717) is 24.4 Å². The molecule has 0 aromatic carbocycles. The van der Waals surface area contributed by atoms with Crippen LogP contribution in [-0.4, -0.2) is 35.3 Å². The van der Waals surface area contributed by atoms with Crippen molar-refractivity contribution < 1.29 is 4.42 Å². The number of nitrogens with one attached hydrogen (secondary N) is 2. The van der Waals surface area contributed by atoms with Crippen LogP contribution in [0.15, 0.2) is 4.42 Å². The highest BCUT2D eigenvalue weighted by Gasteiger charge is 2.06. The molecule has 0 bridgehead atoms. The fourth-order valence-corrected chi connectivity index (χ4v) is 2.06. The fraction of sp³-hybridized carbons (Fsp3) is 0.818. The molecule has 0 radical (unpaired) electrons. The summed E-state index contributed by atoms with van der Waals surface area (Å²) in [6.07, 6.45) is 3.21. The summed E-state index contributed by atoms with van der Waals surface area (Å²) in [5, 5.41) is 14.3. The zero-order valence-electron chi connectivity index (χ0n) is 10.8. The van der Waals surface area contributed by atoms with Gasteiger partial charge in [-0.3, -0.25) is 0 Å². The molecular weight excluding hydrogens is 236 g/mol. The molecular formula is C11H22N4OS. The van der Waals surface area contributed by atoms with Gasteiger partial charge in [-0.15, -0.1) is 5.10 Å². The normalized spacial score (nSPS) is 12.6. The highest BCUT2D eigenvalue weighted by Crippen LogP contribution is 2.08. The van der Waals surface area contributed by atoms with Gasteiger partial charge in [0.05, 0.1) is 6.54 Å². The third kappa shape index (κ3) is 5.93. The molecule has 0 aliphatic carbocycles. The van der Waals surface area contributed by atoms with Gasteiger partial charge in [-0.05, 0) is 30.9 Å². The molecule has 0 aliphatic rings. The topological polar surface area (TPSA) is 63.0 Å². The van der Waals surface area contributed by atoms with Gasteiger partial charge in [0.2, 0.25) is 5.89 Å². The van der Waals surface area contributed by atoms with Crippen molar-refractivity contribution >= 4 is 17.8 Å². The van der Waals surface area contributed by atoms with Crippen molar-refractivity contribution in [2.75, 3.05) is 30.4 Å². The highest BCUT2D eigenvalue weighted by atomic mass is 32.2. The van der Waals surface area contributed by atoms with E-state index < -0.39 is 0 Å². The zero-order valence-corrected chi connectivity index (χ0v) is 11.6. The minimum atomic E-state index is 0.520. The van der Waals surface area contributed by atoms with Gasteiger partial charge in [-0.1, -0.05) is 18.9 Å². The maximum absolute atomic E-state index is 5.46. The van der Waals surface area contributed by atoms with Crippen LogP contribution >= 0.6 is 11.8 Å². The maximum atomic E-state index is 5.46. The van der Waals surface area contributed by atoms with E-state index in [1.165, 1.54) is 0 Å². The van der Waals surface area contributed by atoms with Gasteiger partial charge in [-0.25, -0.2) is 0 Å². The summed E-state index contributed by atoms with van der Waals surface area (Å²) in [7, 11) is 0. The Morgan fingerprint density at radius 1 is 1.41 bits per heavy atom. The zero-order chi connectivity index (χ0) is 12.5. The third-order valence-electron chi connectivity index (χ3n) is 2.22. The van der Waals surface area contributed by atoms with Crippen LogP contribution in [0.3, 0.4) is 0 Å². The van der Waals surface area contributed by atoms with Gasteiger partial charge >= 0.3 is 6.01 Å². The van der Waals surface area contributed by atoms with Crippen molar-refractivity contribution in [3.8, 4) is 0 Å². The lowest BCUT2D eigenvalue weighted by Crippen LogP contribution is -2.14. The minimum absolute atomic E-state index is 0.520. The first-order chi connectivity index (χ1) is 8.26. The first-order valence-electron chi connectivity index (χ1n) is 6.02. The van der Waals surface area contributed by atoms with Crippen molar-refractivity contribution in [1.82, 2.24) is 15.5 Å². The smallest absolute Gasteiger partial charge is 0.315 e. The Balaban J connectivity index is 2.25. The van der Waals surface area contributed by atoms with E-state index in [9.17, 15) is 0 Å². The standard InChI is InChI=1S/C11H22N4OS/c1-4-5-12-7-10-14-15-11(16-10)13-6-9(2)8-17-3/h9,12H,4-8H2,1-3H3,(H,13,15). The Labute approximate surface area is 107 Å². The second-order valence-corrected chi connectivity index (χ2v) is 5.03. The van der Waals surface area contributed by atoms with Crippen LogP contribution in [0.5, 0.6) is 0 Å². The monoisotopic (exact) mass is 258 g/mol. The molecule has 0 fully saturated rings. The van der Waals surface area contributed by atoms with Gasteiger partial charge in [0, 0.05) is 6.54 Å². The molecule has 1 rings (SSSR count). The van der Waals surface area contributed by atoms with Crippen molar-refractivity contribution in [3.63, 3.8) is 0 Å². The van der Waals surface area contributed by atoms with E-state index in [1.54, 1.807) is 0 Å². The Bertz CT molecular complexity index is 305. The van der Waals surface area contributed by atoms with Crippen LogP contribution in [0.25, 0.3) is 0 Å². The molecule has 1 unspecified atom stereocenters. The number of aromatic nitrogens is 2. The van der Waals surface area contributed by atoms with Crippen LogP contribution in [0, 0.1) is 5.92 Å². The molecule has 1 aromatic heterocycles. The summed E-state index contributed by atoms with van der Waals surface area (Å²) in [6.45, 7) is 6.80. The number of hydrogen-bond acceptors (Lipinski definition) is 6. The predicted molar refractivity (Wildman–Crippen MR) is 72.3 cm³/mol. The molecule has 5 nitrogen and oxygen atoms in total. The van der Waals surface area contributed by atoms with Crippen LogP contribution in [0.4, 0.5) is 6.01 Å². The molecule has 17 heavy (non-hydrogen) atoms. The van der Waals surface area contributed by atoms with E-state index in [0.717, 1.165) is 25.3 Å². The molecule has 6 heteroatoms. The summed E-state index contributed by atoms with van der Waals surface area (Å²) in [6, 6.07) is 0.520. The number of nitrogens with zero attached hydrogens (tertiary/aromatic N) is 2. The second kappa shape index (κ2) is 8.36. The molecule has 0 amide bonds. The number of rotatable bonds is 9. The Kier molecular flexibility index (Phi) is 7.04. The van der Waals surface area contributed by atoms with E-state index in [-0.39, 0.29) is 0 Å². The van der Waals surface area contributed by atoms with Crippen LogP contribution in [0.1, 0.15) is 26.2 Å². The molecule has 2 N–H and O–H groups in total. The SMILES string of the molecule is CCCNCc1nnc(NCC(C)CSC)o1. The number of thioether (sulfide) groups is 1. The van der Waals surface area contributed by atoms with E-state index in [2.05, 4.69) is 40.9 Å². The van der Waals surface area contributed by atoms with Crippen molar-refractivity contribution in [2.45, 2.75) is 26.8 Å². The predicted octanol–water partition coefficient (Wildman–Crippen LogP) is 1.98. The molecule has 0 spiro atoms. The maximum Gasteiger partial charge on any atom is 0.315 e. The Morgan fingerprint density at radius 3 is 2.94 bits per heavy atom. The molecule has 0 saturated heterocycles. The second-order valence-electron chi connectivity index (χ2n) is 4.12. The average molecular weight is 258 g/mol. The van der Waals surface area contributed by atoms with Gasteiger partial charge in [-0.2, -0.15) is 11.8 Å². The van der Waals surface area contributed by atoms with Gasteiger partial charge in [0.25, 0.3) is 0 Å². The first-order valence-corrected chi connectivity index (χ1v) is 7.41. The summed E-state index contributed by atoms with van der Waals surface area (Å²) < 4.78 is 5.46. The summed E-state index contributed by atoms with van der Waals surface area (Å²) in [5.74, 6) is 2.36. The summed E-state index contributed by atoms with van der Waals surface area (Å²) >= 11 is 1.85. The summed E-state index contributed by atoms with van der Waals surface area (Å²) in [5.41, 5.74) is 0. The lowest BCUT2D eigenvalue weighted by molar-refractivity contribution is 0.474. The van der Waals surface area contributed by atoms with E-state index in [1.807, 2.05) is 11.8 Å². The van der Waals surface area contributed by atoms with E-state index >= 15 is 0 Å². The van der Waals surface area contributed by atoms with Crippen LogP contribution in [0.2, 0.25) is 0 Å². The molecule has 98 valence electrons. The largest absolute Gasteiger partial charge is 0.407 e. The number of hydrogen-bond donors (Lipinski definition) is 2.